The third-order valence-corrected chi connectivity index (χ3v) is 4.87. The number of carbonyl (C=O) groups is 3. The molecule has 1 aromatic carbocycles. The van der Waals surface area contributed by atoms with Gasteiger partial charge in [-0.2, -0.15) is 0 Å². The summed E-state index contributed by atoms with van der Waals surface area (Å²) in [6, 6.07) is 7.67. The highest BCUT2D eigenvalue weighted by Gasteiger charge is 2.39. The van der Waals surface area contributed by atoms with E-state index in [0.29, 0.717) is 25.9 Å². The molecular weight excluding hydrogens is 308 g/mol. The molecule has 1 N–H and O–H groups in total. The number of anilines is 1. The highest BCUT2D eigenvalue weighted by atomic mass is 16.4. The van der Waals surface area contributed by atoms with Crippen molar-refractivity contribution in [3.63, 3.8) is 0 Å². The van der Waals surface area contributed by atoms with Crippen LogP contribution in [0, 0.1) is 18.8 Å². The lowest BCUT2D eigenvalue weighted by Crippen LogP contribution is -2.45. The van der Waals surface area contributed by atoms with Crippen LogP contribution < -0.4 is 4.90 Å². The summed E-state index contributed by atoms with van der Waals surface area (Å²) in [5, 5.41) is 9.16. The third-order valence-electron chi connectivity index (χ3n) is 4.87. The van der Waals surface area contributed by atoms with E-state index in [0.717, 1.165) is 11.3 Å². The van der Waals surface area contributed by atoms with Gasteiger partial charge in [-0.25, -0.2) is 0 Å². The summed E-state index contributed by atoms with van der Waals surface area (Å²) in [5.41, 5.74) is 1.88. The first kappa shape index (κ1) is 16.5. The molecule has 2 aliphatic rings. The van der Waals surface area contributed by atoms with E-state index >= 15 is 0 Å². The second-order valence-corrected chi connectivity index (χ2v) is 6.71. The number of carboxylic acid groups (broad SMARTS) is 1. The maximum Gasteiger partial charge on any atom is 0.308 e. The zero-order chi connectivity index (χ0) is 17.3. The van der Waals surface area contributed by atoms with E-state index in [4.69, 9.17) is 5.11 Å². The van der Waals surface area contributed by atoms with Crippen molar-refractivity contribution in [2.24, 2.45) is 11.8 Å². The van der Waals surface area contributed by atoms with Crippen molar-refractivity contribution < 1.29 is 19.5 Å². The standard InChI is InChI=1S/C18H22N2O4/c1-12-4-2-6-15(8-12)20-11-14(9-16(20)21)17(22)19-7-3-5-13(10-19)18(23)24/h2,4,6,8,13-14H,3,5,7,9-11H2,1H3,(H,23,24)/t13-,14-/m0/s1. The molecular formula is C18H22N2O4. The van der Waals surface area contributed by atoms with Crippen LogP contribution in [0.5, 0.6) is 0 Å². The van der Waals surface area contributed by atoms with Gasteiger partial charge in [-0.05, 0) is 37.5 Å². The van der Waals surface area contributed by atoms with Crippen LogP contribution in [0.15, 0.2) is 24.3 Å². The number of nitrogens with zero attached hydrogens (tertiary/aromatic N) is 2. The average Bonchev–Trinajstić information content (AvgIpc) is 2.96. The predicted molar refractivity (Wildman–Crippen MR) is 88.6 cm³/mol. The Kier molecular flexibility index (Phi) is 4.55. The number of benzene rings is 1. The summed E-state index contributed by atoms with van der Waals surface area (Å²) in [5.74, 6) is -1.87. The minimum atomic E-state index is -0.851. The Morgan fingerprint density at radius 2 is 2.00 bits per heavy atom. The van der Waals surface area contributed by atoms with Gasteiger partial charge in [0, 0.05) is 31.7 Å². The fourth-order valence-corrected chi connectivity index (χ4v) is 3.56. The number of rotatable bonds is 3. The molecule has 0 saturated carbocycles. The second kappa shape index (κ2) is 6.63. The predicted octanol–water partition coefficient (Wildman–Crippen LogP) is 1.67. The number of carbonyl (C=O) groups excluding carboxylic acids is 2. The van der Waals surface area contributed by atoms with Crippen LogP contribution >= 0.6 is 0 Å². The summed E-state index contributed by atoms with van der Waals surface area (Å²) >= 11 is 0. The highest BCUT2D eigenvalue weighted by Crippen LogP contribution is 2.28. The number of aliphatic carboxylic acids is 1. The number of likely N-dealkylation sites (tertiary alicyclic amines) is 1. The lowest BCUT2D eigenvalue weighted by Gasteiger charge is -2.32. The molecule has 2 heterocycles. The van der Waals surface area contributed by atoms with Crippen molar-refractivity contribution in [3.8, 4) is 0 Å². The molecule has 24 heavy (non-hydrogen) atoms. The summed E-state index contributed by atoms with van der Waals surface area (Å²) in [6.07, 6.45) is 1.50. The van der Waals surface area contributed by atoms with Crippen molar-refractivity contribution in [1.29, 1.82) is 0 Å². The summed E-state index contributed by atoms with van der Waals surface area (Å²) in [7, 11) is 0. The Balaban J connectivity index is 1.69. The van der Waals surface area contributed by atoms with Gasteiger partial charge in [0.2, 0.25) is 11.8 Å². The normalized spacial score (nSPS) is 24.3. The monoisotopic (exact) mass is 330 g/mol. The van der Waals surface area contributed by atoms with Crippen LogP contribution in [0.2, 0.25) is 0 Å². The Labute approximate surface area is 141 Å². The number of amides is 2. The van der Waals surface area contributed by atoms with E-state index in [9.17, 15) is 14.4 Å². The number of hydrogen-bond donors (Lipinski definition) is 1. The smallest absolute Gasteiger partial charge is 0.308 e. The minimum Gasteiger partial charge on any atom is -0.481 e. The SMILES string of the molecule is Cc1cccc(N2C[C@@H](C(=O)N3CCC[C@H](C(=O)O)C3)CC2=O)c1. The van der Waals surface area contributed by atoms with Crippen LogP contribution in [0.25, 0.3) is 0 Å². The Morgan fingerprint density at radius 1 is 1.21 bits per heavy atom. The minimum absolute atomic E-state index is 0.0502. The molecule has 0 spiro atoms. The van der Waals surface area contributed by atoms with Crippen molar-refractivity contribution in [3.05, 3.63) is 29.8 Å². The average molecular weight is 330 g/mol. The number of hydrogen-bond acceptors (Lipinski definition) is 3. The molecule has 0 aromatic heterocycles. The van der Waals surface area contributed by atoms with Crippen molar-refractivity contribution in [2.75, 3.05) is 24.5 Å². The van der Waals surface area contributed by atoms with Gasteiger partial charge in [0.25, 0.3) is 0 Å². The van der Waals surface area contributed by atoms with E-state index in [2.05, 4.69) is 0 Å². The van der Waals surface area contributed by atoms with E-state index in [1.54, 1.807) is 9.80 Å². The molecule has 2 amide bonds. The van der Waals surface area contributed by atoms with E-state index < -0.39 is 11.9 Å². The largest absolute Gasteiger partial charge is 0.481 e. The summed E-state index contributed by atoms with van der Waals surface area (Å²) in [4.78, 5) is 39.5. The molecule has 0 aliphatic carbocycles. The van der Waals surface area contributed by atoms with E-state index in [1.807, 2.05) is 31.2 Å². The summed E-state index contributed by atoms with van der Waals surface area (Å²) in [6.45, 7) is 3.17. The Bertz CT molecular complexity index is 673. The molecule has 6 heteroatoms. The topological polar surface area (TPSA) is 77.9 Å². The van der Waals surface area contributed by atoms with Crippen LogP contribution in [-0.4, -0.2) is 47.4 Å². The fourth-order valence-electron chi connectivity index (χ4n) is 3.56. The van der Waals surface area contributed by atoms with Crippen LogP contribution in [0.1, 0.15) is 24.8 Å². The van der Waals surface area contributed by atoms with Gasteiger partial charge >= 0.3 is 5.97 Å². The molecule has 1 aromatic rings. The molecule has 2 aliphatic heterocycles. The maximum absolute atomic E-state index is 12.7. The van der Waals surface area contributed by atoms with Gasteiger partial charge in [-0.3, -0.25) is 14.4 Å². The Morgan fingerprint density at radius 3 is 2.71 bits per heavy atom. The van der Waals surface area contributed by atoms with E-state index in [-0.39, 0.29) is 30.7 Å². The van der Waals surface area contributed by atoms with Crippen molar-refractivity contribution >= 4 is 23.5 Å². The van der Waals surface area contributed by atoms with Gasteiger partial charge in [-0.1, -0.05) is 12.1 Å². The first-order valence-electron chi connectivity index (χ1n) is 8.34. The van der Waals surface area contributed by atoms with Crippen LogP contribution in [0.4, 0.5) is 5.69 Å². The maximum atomic E-state index is 12.7. The molecule has 0 radical (unpaired) electrons. The molecule has 0 bridgehead atoms. The zero-order valence-corrected chi connectivity index (χ0v) is 13.8. The van der Waals surface area contributed by atoms with Gasteiger partial charge in [0.1, 0.15) is 0 Å². The van der Waals surface area contributed by atoms with Gasteiger partial charge < -0.3 is 14.9 Å². The molecule has 128 valence electrons. The first-order chi connectivity index (χ1) is 11.5. The van der Waals surface area contributed by atoms with Gasteiger partial charge in [-0.15, -0.1) is 0 Å². The zero-order valence-electron chi connectivity index (χ0n) is 13.8. The van der Waals surface area contributed by atoms with E-state index in [1.165, 1.54) is 0 Å². The van der Waals surface area contributed by atoms with Gasteiger partial charge in [0.15, 0.2) is 0 Å². The quantitative estimate of drug-likeness (QED) is 0.914. The molecule has 0 unspecified atom stereocenters. The fraction of sp³-hybridized carbons (Fsp3) is 0.500. The van der Waals surface area contributed by atoms with Crippen LogP contribution in [0.3, 0.4) is 0 Å². The summed E-state index contributed by atoms with van der Waals surface area (Å²) < 4.78 is 0. The lowest BCUT2D eigenvalue weighted by molar-refractivity contribution is -0.146. The third kappa shape index (κ3) is 3.27. The molecule has 2 atom stereocenters. The number of aryl methyl sites for hydroxylation is 1. The lowest BCUT2D eigenvalue weighted by atomic mass is 9.96. The molecule has 3 rings (SSSR count). The van der Waals surface area contributed by atoms with Crippen molar-refractivity contribution in [1.82, 2.24) is 4.90 Å². The number of piperidine rings is 1. The first-order valence-corrected chi connectivity index (χ1v) is 8.34. The molecule has 2 saturated heterocycles. The molecule has 6 nitrogen and oxygen atoms in total. The molecule has 2 fully saturated rings. The van der Waals surface area contributed by atoms with Crippen molar-refractivity contribution in [2.45, 2.75) is 26.2 Å². The highest BCUT2D eigenvalue weighted by molar-refractivity contribution is 6.00. The Hall–Kier alpha value is -2.37. The van der Waals surface area contributed by atoms with Gasteiger partial charge in [0.05, 0.1) is 11.8 Å². The number of carboxylic acids is 1. The van der Waals surface area contributed by atoms with Crippen LogP contribution in [-0.2, 0) is 14.4 Å². The second-order valence-electron chi connectivity index (χ2n) is 6.71.